The van der Waals surface area contributed by atoms with E-state index in [0.717, 1.165) is 12.1 Å². The summed E-state index contributed by atoms with van der Waals surface area (Å²) < 4.78 is 52.5. The molecule has 0 aliphatic carbocycles. The Labute approximate surface area is 149 Å². The van der Waals surface area contributed by atoms with Crippen molar-refractivity contribution in [3.63, 3.8) is 0 Å². The lowest BCUT2D eigenvalue weighted by molar-refractivity contribution is -0.120. The van der Waals surface area contributed by atoms with Crippen LogP contribution in [0.1, 0.15) is 24.1 Å². The number of rotatable bonds is 4. The van der Waals surface area contributed by atoms with Gasteiger partial charge < -0.3 is 5.32 Å². The van der Waals surface area contributed by atoms with Gasteiger partial charge in [0.2, 0.25) is 5.91 Å². The third-order valence-electron chi connectivity index (χ3n) is 3.86. The molecule has 26 heavy (non-hydrogen) atoms. The number of nitrogens with zero attached hydrogens (tertiary/aromatic N) is 1. The molecule has 1 heterocycles. The normalized spacial score (nSPS) is 17.4. The molecule has 0 fully saturated rings. The Morgan fingerprint density at radius 3 is 2.65 bits per heavy atom. The number of halogens is 2. The van der Waals surface area contributed by atoms with E-state index < -0.39 is 33.6 Å². The van der Waals surface area contributed by atoms with Gasteiger partial charge in [0, 0.05) is 5.56 Å². The molecular formula is C17H15F2N3O3S. The molecule has 3 rings (SSSR count). The first-order valence-corrected chi connectivity index (χ1v) is 9.17. The molecule has 1 atom stereocenters. The number of nitrogens with one attached hydrogen (secondary N) is 2. The predicted octanol–water partition coefficient (Wildman–Crippen LogP) is 1.88. The summed E-state index contributed by atoms with van der Waals surface area (Å²) in [6.07, 6.45) is 0. The molecule has 6 nitrogen and oxygen atoms in total. The van der Waals surface area contributed by atoms with Crippen LogP contribution in [0, 0.1) is 11.6 Å². The molecule has 0 radical (unpaired) electrons. The number of carbonyl (C=O) groups is 1. The van der Waals surface area contributed by atoms with E-state index in [1.165, 1.54) is 12.1 Å². The number of aliphatic imine (C=N–C) groups is 1. The van der Waals surface area contributed by atoms with Crippen LogP contribution < -0.4 is 10.0 Å². The second kappa shape index (κ2) is 6.83. The number of carbonyl (C=O) groups excluding carboxylic acids is 1. The summed E-state index contributed by atoms with van der Waals surface area (Å²) in [4.78, 5) is 16.2. The zero-order valence-electron chi connectivity index (χ0n) is 13.7. The molecule has 136 valence electrons. The Hall–Kier alpha value is -2.81. The summed E-state index contributed by atoms with van der Waals surface area (Å²) >= 11 is 0. The average Bonchev–Trinajstić information content (AvgIpc) is 2.86. The number of fused-ring (bicyclic) bond motifs is 1. The van der Waals surface area contributed by atoms with Crippen molar-refractivity contribution in [2.24, 2.45) is 4.99 Å². The van der Waals surface area contributed by atoms with Crippen molar-refractivity contribution < 1.29 is 22.0 Å². The van der Waals surface area contributed by atoms with E-state index in [4.69, 9.17) is 0 Å². The first-order valence-electron chi connectivity index (χ1n) is 7.69. The second-order valence-corrected chi connectivity index (χ2v) is 7.38. The van der Waals surface area contributed by atoms with E-state index in [9.17, 15) is 22.0 Å². The molecule has 1 aliphatic rings. The van der Waals surface area contributed by atoms with Crippen LogP contribution in [0.4, 0.5) is 8.78 Å². The second-order valence-electron chi connectivity index (χ2n) is 5.73. The molecular weight excluding hydrogens is 364 g/mol. The highest BCUT2D eigenvalue weighted by Gasteiger charge is 2.30. The summed E-state index contributed by atoms with van der Waals surface area (Å²) in [5.41, 5.74) is 0.797. The van der Waals surface area contributed by atoms with Crippen LogP contribution in [0.2, 0.25) is 0 Å². The highest BCUT2D eigenvalue weighted by molar-refractivity contribution is 7.90. The standard InChI is InChI=1S/C17H15F2N3O3S/c1-10(11-6-7-13(18)14(19)8-11)21-16(23)9-20-17-12-4-2-3-5-15(12)26(24,25)22-17/h2-8,10H,9H2,1H3,(H,20,22)(H,21,23). The average molecular weight is 379 g/mol. The van der Waals surface area contributed by atoms with Gasteiger partial charge in [-0.1, -0.05) is 18.2 Å². The fourth-order valence-corrected chi connectivity index (χ4v) is 3.81. The molecule has 9 heteroatoms. The van der Waals surface area contributed by atoms with E-state index in [1.807, 2.05) is 0 Å². The van der Waals surface area contributed by atoms with Gasteiger partial charge in [-0.15, -0.1) is 0 Å². The lowest BCUT2D eigenvalue weighted by Gasteiger charge is -2.14. The van der Waals surface area contributed by atoms with Crippen molar-refractivity contribution in [3.8, 4) is 0 Å². The molecule has 1 amide bonds. The van der Waals surface area contributed by atoms with Gasteiger partial charge >= 0.3 is 0 Å². The number of sulfonamides is 1. The summed E-state index contributed by atoms with van der Waals surface area (Å²) in [5.74, 6) is -2.36. The maximum absolute atomic E-state index is 13.3. The predicted molar refractivity (Wildman–Crippen MR) is 91.1 cm³/mol. The van der Waals surface area contributed by atoms with Crippen molar-refractivity contribution in [3.05, 3.63) is 65.2 Å². The summed E-state index contributed by atoms with van der Waals surface area (Å²) in [6.45, 7) is 1.30. The number of amidine groups is 1. The van der Waals surface area contributed by atoms with E-state index in [0.29, 0.717) is 11.1 Å². The monoisotopic (exact) mass is 379 g/mol. The zero-order chi connectivity index (χ0) is 18.9. The van der Waals surface area contributed by atoms with Crippen LogP contribution in [0.25, 0.3) is 0 Å². The molecule has 0 saturated heterocycles. The minimum atomic E-state index is -3.67. The lowest BCUT2D eigenvalue weighted by atomic mass is 10.1. The molecule has 1 aliphatic heterocycles. The van der Waals surface area contributed by atoms with Crippen LogP contribution in [0.3, 0.4) is 0 Å². The highest BCUT2D eigenvalue weighted by Crippen LogP contribution is 2.22. The fourth-order valence-electron chi connectivity index (χ4n) is 2.55. The van der Waals surface area contributed by atoms with Crippen molar-refractivity contribution in [1.82, 2.24) is 10.0 Å². The number of hydrogen-bond acceptors (Lipinski definition) is 4. The van der Waals surface area contributed by atoms with Gasteiger partial charge in [-0.3, -0.25) is 14.5 Å². The van der Waals surface area contributed by atoms with Gasteiger partial charge in [0.1, 0.15) is 12.4 Å². The van der Waals surface area contributed by atoms with Crippen LogP contribution in [0.5, 0.6) is 0 Å². The highest BCUT2D eigenvalue weighted by atomic mass is 32.2. The maximum Gasteiger partial charge on any atom is 0.263 e. The molecule has 2 N–H and O–H groups in total. The Bertz CT molecular complexity index is 1010. The van der Waals surface area contributed by atoms with Crippen molar-refractivity contribution in [2.45, 2.75) is 17.9 Å². The maximum atomic E-state index is 13.3. The third kappa shape index (κ3) is 3.57. The summed E-state index contributed by atoms with van der Waals surface area (Å²) in [7, 11) is -3.67. The SMILES string of the molecule is CC(NC(=O)CN=C1NS(=O)(=O)c2ccccc21)c1ccc(F)c(F)c1. The summed E-state index contributed by atoms with van der Waals surface area (Å²) in [6, 6.07) is 9.10. The molecule has 0 spiro atoms. The molecule has 0 aromatic heterocycles. The first-order chi connectivity index (χ1) is 12.3. The number of benzene rings is 2. The van der Waals surface area contributed by atoms with Crippen molar-refractivity contribution >= 4 is 21.8 Å². The van der Waals surface area contributed by atoms with Gasteiger partial charge in [0.05, 0.1) is 10.9 Å². The molecule has 1 unspecified atom stereocenters. The third-order valence-corrected chi connectivity index (χ3v) is 5.26. The lowest BCUT2D eigenvalue weighted by Crippen LogP contribution is -2.30. The summed E-state index contributed by atoms with van der Waals surface area (Å²) in [5, 5.41) is 2.60. The quantitative estimate of drug-likeness (QED) is 0.850. The van der Waals surface area contributed by atoms with E-state index in [-0.39, 0.29) is 17.3 Å². The van der Waals surface area contributed by atoms with Crippen LogP contribution in [0.15, 0.2) is 52.4 Å². The van der Waals surface area contributed by atoms with Crippen molar-refractivity contribution in [1.29, 1.82) is 0 Å². The first kappa shape index (κ1) is 18.0. The molecule has 0 bridgehead atoms. The van der Waals surface area contributed by atoms with Crippen LogP contribution in [-0.4, -0.2) is 26.7 Å². The van der Waals surface area contributed by atoms with Gasteiger partial charge in [-0.2, -0.15) is 0 Å². The van der Waals surface area contributed by atoms with E-state index in [2.05, 4.69) is 15.0 Å². The largest absolute Gasteiger partial charge is 0.348 e. The minimum Gasteiger partial charge on any atom is -0.348 e. The van der Waals surface area contributed by atoms with Crippen molar-refractivity contribution in [2.75, 3.05) is 6.54 Å². The van der Waals surface area contributed by atoms with E-state index >= 15 is 0 Å². The number of hydrogen-bond donors (Lipinski definition) is 2. The zero-order valence-corrected chi connectivity index (χ0v) is 14.5. The van der Waals surface area contributed by atoms with E-state index in [1.54, 1.807) is 25.1 Å². The Kier molecular flexibility index (Phi) is 4.73. The topological polar surface area (TPSA) is 87.6 Å². The van der Waals surface area contributed by atoms with Gasteiger partial charge in [0.15, 0.2) is 11.6 Å². The fraction of sp³-hybridized carbons (Fsp3) is 0.176. The molecule has 2 aromatic carbocycles. The minimum absolute atomic E-state index is 0.0937. The number of amides is 1. The smallest absolute Gasteiger partial charge is 0.263 e. The van der Waals surface area contributed by atoms with Gasteiger partial charge in [-0.05, 0) is 36.8 Å². The van der Waals surface area contributed by atoms with Crippen LogP contribution >= 0.6 is 0 Å². The van der Waals surface area contributed by atoms with Gasteiger partial charge in [0.25, 0.3) is 10.0 Å². The molecule has 2 aromatic rings. The molecule has 0 saturated carbocycles. The van der Waals surface area contributed by atoms with Gasteiger partial charge in [-0.25, -0.2) is 17.2 Å². The van der Waals surface area contributed by atoms with Crippen LogP contribution in [-0.2, 0) is 14.8 Å². The Morgan fingerprint density at radius 2 is 1.92 bits per heavy atom. The Morgan fingerprint density at radius 1 is 1.19 bits per heavy atom. The Balaban J connectivity index is 1.69.